The van der Waals surface area contributed by atoms with Crippen molar-refractivity contribution in [2.45, 2.75) is 58.1 Å². The summed E-state index contributed by atoms with van der Waals surface area (Å²) in [5.74, 6) is -2.82. The number of allylic oxidation sites excluding steroid dienone is 3. The molecule has 3 aliphatic rings. The second-order valence-corrected chi connectivity index (χ2v) is 12.2. The van der Waals surface area contributed by atoms with Crippen LogP contribution in [0.2, 0.25) is 0 Å². The van der Waals surface area contributed by atoms with Gasteiger partial charge in [-0.05, 0) is 80.0 Å². The highest BCUT2D eigenvalue weighted by molar-refractivity contribution is 5.94. The molecule has 8 heteroatoms. The summed E-state index contributed by atoms with van der Waals surface area (Å²) in [6.45, 7) is 12.0. The number of carbonyl (C=O) groups is 1. The number of primary amides is 1. The number of carbonyl (C=O) groups excluding carboxylic acids is 1. The number of aliphatic hydroxyl groups excluding tert-OH is 2. The highest BCUT2D eigenvalue weighted by Gasteiger charge is 2.57. The van der Waals surface area contributed by atoms with E-state index in [-0.39, 0.29) is 40.7 Å². The van der Waals surface area contributed by atoms with Crippen molar-refractivity contribution >= 4 is 23.5 Å². The molecule has 0 saturated carbocycles. The molecule has 0 spiro atoms. The molecule has 0 bridgehead atoms. The summed E-state index contributed by atoms with van der Waals surface area (Å²) in [5, 5.41) is 48.1. The summed E-state index contributed by atoms with van der Waals surface area (Å²) >= 11 is 0. The number of phenolic OH excluding ortho intramolecular Hbond substituents is 1. The Kier molecular flexibility index (Phi) is 6.57. The van der Waals surface area contributed by atoms with Gasteiger partial charge in [0.1, 0.15) is 22.9 Å². The number of amides is 1. The Morgan fingerprint density at radius 1 is 1.12 bits per heavy atom. The Labute approximate surface area is 234 Å². The molecular formula is C32H37N3O5. The van der Waals surface area contributed by atoms with E-state index in [2.05, 4.69) is 37.7 Å². The van der Waals surface area contributed by atoms with Crippen molar-refractivity contribution in [3.8, 4) is 16.9 Å². The summed E-state index contributed by atoms with van der Waals surface area (Å²) in [5.41, 5.74) is 8.62. The third kappa shape index (κ3) is 4.36. The van der Waals surface area contributed by atoms with Crippen molar-refractivity contribution in [2.75, 3.05) is 0 Å². The van der Waals surface area contributed by atoms with E-state index in [4.69, 9.17) is 5.73 Å². The number of nitrogens with two attached hydrogens (primary N) is 1. The van der Waals surface area contributed by atoms with Crippen LogP contribution in [-0.4, -0.2) is 43.8 Å². The normalized spacial score (nSPS) is 26.4. The summed E-state index contributed by atoms with van der Waals surface area (Å²) in [7, 11) is 0. The average molecular weight is 544 g/mol. The molecule has 0 heterocycles. The van der Waals surface area contributed by atoms with Crippen molar-refractivity contribution in [1.29, 1.82) is 0 Å². The van der Waals surface area contributed by atoms with Crippen LogP contribution in [-0.2, 0) is 11.2 Å². The van der Waals surface area contributed by atoms with Gasteiger partial charge in [-0.25, -0.2) is 4.99 Å². The minimum Gasteiger partial charge on any atom is -0.512 e. The lowest BCUT2D eigenvalue weighted by Gasteiger charge is -2.50. The maximum Gasteiger partial charge on any atom is 0.248 e. The lowest BCUT2D eigenvalue weighted by Crippen LogP contribution is -2.55. The number of aliphatic hydroxyl groups is 3. The van der Waals surface area contributed by atoms with E-state index in [1.807, 2.05) is 30.3 Å². The molecule has 7 N–H and O–H groups in total. The summed E-state index contributed by atoms with van der Waals surface area (Å²) in [6, 6.07) is 11.3. The van der Waals surface area contributed by atoms with Crippen LogP contribution in [0, 0.1) is 17.8 Å². The first-order chi connectivity index (χ1) is 18.7. The fourth-order valence-corrected chi connectivity index (χ4v) is 6.65. The standard InChI is InChI=1S/C32H37N3O5/c1-16-26-19(12-20-14-25(37)28(30(33)39)17(2)32(20,40)29(26)38)13-23-22(10-11-24(36)27(16)23)18-6-8-21(9-7-18)34-15-35-31(3,4)5/h6-11,15,17,19-20,36-38,40H,1,12-14H2,2-5H3,(H2,33,39)(H,34,35)/t17?,19-,20+,32+/m1/s1. The zero-order valence-electron chi connectivity index (χ0n) is 23.3. The Hall–Kier alpha value is -4.04. The fraction of sp³-hybridized carbons (Fsp3) is 0.375. The summed E-state index contributed by atoms with van der Waals surface area (Å²) in [6.07, 6.45) is 2.68. The van der Waals surface area contributed by atoms with Crippen LogP contribution >= 0.6 is 0 Å². The van der Waals surface area contributed by atoms with Gasteiger partial charge in [0.05, 0.1) is 17.6 Å². The SMILES string of the molecule is C=C1C2=C(O)[C@]3(O)C(C)C(C(N)=O)=C(O)C[C@@H]3C[C@@H]2Cc2c(-c3ccc(/N=C\NC(C)(C)C)cc3)ccc(O)c21. The Bertz CT molecular complexity index is 1500. The maximum atomic E-state index is 12.1. The van der Waals surface area contributed by atoms with E-state index in [1.54, 1.807) is 19.3 Å². The summed E-state index contributed by atoms with van der Waals surface area (Å²) < 4.78 is 0. The van der Waals surface area contributed by atoms with Gasteiger partial charge in [0.15, 0.2) is 0 Å². The van der Waals surface area contributed by atoms with E-state index in [9.17, 15) is 25.2 Å². The van der Waals surface area contributed by atoms with Crippen molar-refractivity contribution in [1.82, 2.24) is 5.32 Å². The second kappa shape index (κ2) is 9.55. The number of phenols is 1. The van der Waals surface area contributed by atoms with Crippen molar-refractivity contribution in [2.24, 2.45) is 28.5 Å². The number of nitrogens with zero attached hydrogens (tertiary/aromatic N) is 1. The molecule has 8 nitrogen and oxygen atoms in total. The Morgan fingerprint density at radius 2 is 1.80 bits per heavy atom. The largest absolute Gasteiger partial charge is 0.512 e. The van der Waals surface area contributed by atoms with Crippen LogP contribution in [0.3, 0.4) is 0 Å². The lowest BCUT2D eigenvalue weighted by molar-refractivity contribution is -0.120. The molecule has 2 aromatic carbocycles. The Morgan fingerprint density at radius 3 is 2.42 bits per heavy atom. The lowest BCUT2D eigenvalue weighted by atomic mass is 9.57. The van der Waals surface area contributed by atoms with E-state index in [1.165, 1.54) is 0 Å². The molecule has 0 aliphatic heterocycles. The van der Waals surface area contributed by atoms with Crippen LogP contribution in [0.4, 0.5) is 5.69 Å². The first-order valence-electron chi connectivity index (χ1n) is 13.6. The molecule has 210 valence electrons. The fourth-order valence-electron chi connectivity index (χ4n) is 6.65. The molecule has 2 aromatic rings. The highest BCUT2D eigenvalue weighted by atomic mass is 16.3. The van der Waals surface area contributed by atoms with Crippen LogP contribution in [0.1, 0.15) is 51.7 Å². The molecule has 5 rings (SSSR count). The van der Waals surface area contributed by atoms with Gasteiger partial charge >= 0.3 is 0 Å². The van der Waals surface area contributed by atoms with Gasteiger partial charge in [-0.3, -0.25) is 4.79 Å². The number of nitrogens with one attached hydrogen (secondary N) is 1. The van der Waals surface area contributed by atoms with Gasteiger partial charge in [0.25, 0.3) is 0 Å². The van der Waals surface area contributed by atoms with Gasteiger partial charge < -0.3 is 31.5 Å². The van der Waals surface area contributed by atoms with E-state index >= 15 is 0 Å². The van der Waals surface area contributed by atoms with E-state index < -0.39 is 23.3 Å². The van der Waals surface area contributed by atoms with E-state index in [0.29, 0.717) is 29.6 Å². The topological polar surface area (TPSA) is 148 Å². The van der Waals surface area contributed by atoms with Crippen molar-refractivity contribution in [3.63, 3.8) is 0 Å². The second-order valence-electron chi connectivity index (χ2n) is 12.2. The highest BCUT2D eigenvalue weighted by Crippen LogP contribution is 2.57. The van der Waals surface area contributed by atoms with Crippen molar-refractivity contribution in [3.05, 3.63) is 76.8 Å². The van der Waals surface area contributed by atoms with Gasteiger partial charge in [0, 0.05) is 34.9 Å². The predicted molar refractivity (Wildman–Crippen MR) is 156 cm³/mol. The quantitative estimate of drug-likeness (QED) is 0.231. The number of rotatable bonds is 4. The number of aliphatic imine (C=N–C) groups is 1. The monoisotopic (exact) mass is 543 g/mol. The van der Waals surface area contributed by atoms with Crippen LogP contribution in [0.25, 0.3) is 16.7 Å². The Balaban J connectivity index is 1.54. The molecule has 0 saturated heterocycles. The van der Waals surface area contributed by atoms with Gasteiger partial charge in [-0.2, -0.15) is 0 Å². The first kappa shape index (κ1) is 27.5. The minimum atomic E-state index is -1.78. The molecule has 1 unspecified atom stereocenters. The molecule has 40 heavy (non-hydrogen) atoms. The molecule has 1 amide bonds. The number of fused-ring (bicyclic) bond motifs is 3. The molecule has 3 aliphatic carbocycles. The maximum absolute atomic E-state index is 12.1. The van der Waals surface area contributed by atoms with Crippen LogP contribution < -0.4 is 11.1 Å². The van der Waals surface area contributed by atoms with Crippen LogP contribution in [0.15, 0.2) is 70.6 Å². The smallest absolute Gasteiger partial charge is 0.248 e. The molecule has 0 radical (unpaired) electrons. The molecule has 0 fully saturated rings. The van der Waals surface area contributed by atoms with Gasteiger partial charge in [-0.15, -0.1) is 0 Å². The molecule has 0 aromatic heterocycles. The number of aromatic hydroxyl groups is 1. The first-order valence-corrected chi connectivity index (χ1v) is 13.6. The summed E-state index contributed by atoms with van der Waals surface area (Å²) in [4.78, 5) is 16.5. The molecule has 4 atom stereocenters. The van der Waals surface area contributed by atoms with E-state index in [0.717, 1.165) is 22.4 Å². The predicted octanol–water partition coefficient (Wildman–Crippen LogP) is 5.19. The number of hydrogen-bond acceptors (Lipinski definition) is 6. The average Bonchev–Trinajstić information content (AvgIpc) is 2.86. The van der Waals surface area contributed by atoms with Crippen LogP contribution in [0.5, 0.6) is 5.75 Å². The molecular weight excluding hydrogens is 506 g/mol. The zero-order valence-corrected chi connectivity index (χ0v) is 23.3. The third-order valence-electron chi connectivity index (χ3n) is 8.60. The minimum absolute atomic E-state index is 0.0330. The third-order valence-corrected chi connectivity index (χ3v) is 8.60. The van der Waals surface area contributed by atoms with Gasteiger partial charge in [0.2, 0.25) is 5.91 Å². The number of hydrogen-bond donors (Lipinski definition) is 6. The van der Waals surface area contributed by atoms with Crippen molar-refractivity contribution < 1.29 is 25.2 Å². The number of benzene rings is 2. The zero-order chi connectivity index (χ0) is 29.1. The van der Waals surface area contributed by atoms with Gasteiger partial charge in [-0.1, -0.05) is 31.7 Å².